The molecule has 3 aliphatic rings. The highest BCUT2D eigenvalue weighted by Crippen LogP contribution is 2.41. The van der Waals surface area contributed by atoms with Gasteiger partial charge in [-0.15, -0.1) is 0 Å². The van der Waals surface area contributed by atoms with E-state index in [1.54, 1.807) is 53.4 Å². The highest BCUT2D eigenvalue weighted by Gasteiger charge is 2.55. The third kappa shape index (κ3) is 4.77. The number of carbonyl (C=O) groups is 3. The number of piperazine rings is 1. The Bertz CT molecular complexity index is 1420. The van der Waals surface area contributed by atoms with E-state index in [0.717, 1.165) is 18.2 Å². The van der Waals surface area contributed by atoms with E-state index in [2.05, 4.69) is 0 Å². The molecule has 0 saturated carbocycles. The summed E-state index contributed by atoms with van der Waals surface area (Å²) >= 11 is 0. The highest BCUT2D eigenvalue weighted by atomic mass is 19.1. The van der Waals surface area contributed by atoms with Crippen LogP contribution in [0.1, 0.15) is 37.3 Å². The molecule has 0 unspecified atom stereocenters. The first kappa shape index (κ1) is 26.7. The van der Waals surface area contributed by atoms with Crippen LogP contribution in [-0.4, -0.2) is 69.1 Å². The second-order valence-electron chi connectivity index (χ2n) is 10.7. The summed E-state index contributed by atoms with van der Waals surface area (Å²) < 4.78 is 28.7. The summed E-state index contributed by atoms with van der Waals surface area (Å²) in [7, 11) is 0. The molecule has 3 saturated heterocycles. The van der Waals surface area contributed by atoms with Gasteiger partial charge in [-0.05, 0) is 68.1 Å². The number of fused-ring (bicyclic) bond motifs is 2. The van der Waals surface area contributed by atoms with Crippen LogP contribution < -0.4 is 4.90 Å². The first-order valence-electron chi connectivity index (χ1n) is 13.8. The Balaban J connectivity index is 1.31. The van der Waals surface area contributed by atoms with Crippen molar-refractivity contribution in [3.8, 4) is 0 Å². The zero-order valence-corrected chi connectivity index (χ0v) is 22.3. The fraction of sp³-hybridized carbons (Fsp3) is 0.323. The SMILES string of the molecule is O=C(O)[C@@H]1[C@H]2CC[C@@H](CN1C(=O)N(c1ccccc1)c1ccccc1)N2C(=O)N1CCC[C@@H]1c1cc(F)ccc1F. The van der Waals surface area contributed by atoms with E-state index in [9.17, 15) is 28.3 Å². The minimum absolute atomic E-state index is 0.0427. The molecule has 0 spiro atoms. The smallest absolute Gasteiger partial charge is 0.329 e. The van der Waals surface area contributed by atoms with Gasteiger partial charge < -0.3 is 19.8 Å². The number of rotatable bonds is 4. The number of carbonyl (C=O) groups excluding carboxylic acids is 2. The minimum Gasteiger partial charge on any atom is -0.480 e. The molecule has 8 nitrogen and oxygen atoms in total. The molecule has 3 aliphatic heterocycles. The van der Waals surface area contributed by atoms with E-state index < -0.39 is 53.8 Å². The van der Waals surface area contributed by atoms with Crippen molar-refractivity contribution in [2.75, 3.05) is 18.0 Å². The lowest BCUT2D eigenvalue weighted by atomic mass is 10.0. The average molecular weight is 561 g/mol. The lowest BCUT2D eigenvalue weighted by Gasteiger charge is -2.47. The molecule has 1 N–H and O–H groups in total. The van der Waals surface area contributed by atoms with Gasteiger partial charge in [0.15, 0.2) is 6.04 Å². The van der Waals surface area contributed by atoms with Crippen molar-refractivity contribution in [1.82, 2.24) is 14.7 Å². The normalized spacial score (nSPS) is 23.5. The molecule has 3 heterocycles. The molecule has 10 heteroatoms. The molecule has 3 fully saturated rings. The maximum Gasteiger partial charge on any atom is 0.329 e. The van der Waals surface area contributed by atoms with Gasteiger partial charge in [0.25, 0.3) is 0 Å². The van der Waals surface area contributed by atoms with Crippen LogP contribution in [0.2, 0.25) is 0 Å². The summed E-state index contributed by atoms with van der Waals surface area (Å²) in [6.07, 6.45) is 2.05. The molecular formula is C31H30F2N4O4. The van der Waals surface area contributed by atoms with Gasteiger partial charge in [0.2, 0.25) is 0 Å². The number of aliphatic carboxylic acids is 1. The maximum atomic E-state index is 14.7. The fourth-order valence-corrected chi connectivity index (χ4v) is 6.63. The number of amides is 4. The van der Waals surface area contributed by atoms with E-state index in [4.69, 9.17) is 0 Å². The largest absolute Gasteiger partial charge is 0.480 e. The number of benzene rings is 3. The van der Waals surface area contributed by atoms with E-state index in [-0.39, 0.29) is 12.1 Å². The Kier molecular flexibility index (Phi) is 7.07. The first-order chi connectivity index (χ1) is 19.8. The lowest BCUT2D eigenvalue weighted by Crippen LogP contribution is -2.67. The molecule has 3 aromatic carbocycles. The molecule has 0 aromatic heterocycles. The van der Waals surface area contributed by atoms with Crippen LogP contribution >= 0.6 is 0 Å². The predicted octanol–water partition coefficient (Wildman–Crippen LogP) is 5.78. The molecule has 4 amide bonds. The summed E-state index contributed by atoms with van der Waals surface area (Å²) in [5, 5.41) is 10.4. The van der Waals surface area contributed by atoms with Crippen molar-refractivity contribution in [3.05, 3.63) is 96.1 Å². The maximum absolute atomic E-state index is 14.7. The third-order valence-electron chi connectivity index (χ3n) is 8.41. The molecule has 212 valence electrons. The first-order valence-corrected chi connectivity index (χ1v) is 13.8. The van der Waals surface area contributed by atoms with Gasteiger partial charge in [0, 0.05) is 18.7 Å². The van der Waals surface area contributed by atoms with Gasteiger partial charge in [0.1, 0.15) is 11.6 Å². The summed E-state index contributed by atoms with van der Waals surface area (Å²) in [6.45, 7) is 0.395. The molecule has 3 aromatic rings. The third-order valence-corrected chi connectivity index (χ3v) is 8.41. The van der Waals surface area contributed by atoms with Crippen molar-refractivity contribution in [1.29, 1.82) is 0 Å². The number of urea groups is 2. The number of para-hydroxylation sites is 2. The van der Waals surface area contributed by atoms with E-state index in [0.29, 0.717) is 43.6 Å². The lowest BCUT2D eigenvalue weighted by molar-refractivity contribution is -0.145. The van der Waals surface area contributed by atoms with Crippen molar-refractivity contribution < 1.29 is 28.3 Å². The van der Waals surface area contributed by atoms with E-state index in [1.807, 2.05) is 12.1 Å². The van der Waals surface area contributed by atoms with Crippen molar-refractivity contribution in [3.63, 3.8) is 0 Å². The number of hydrogen-bond acceptors (Lipinski definition) is 3. The Morgan fingerprint density at radius 2 is 1.49 bits per heavy atom. The van der Waals surface area contributed by atoms with Crippen molar-refractivity contribution >= 4 is 29.4 Å². The molecule has 0 radical (unpaired) electrons. The predicted molar refractivity (Wildman–Crippen MR) is 148 cm³/mol. The fourth-order valence-electron chi connectivity index (χ4n) is 6.63. The van der Waals surface area contributed by atoms with Gasteiger partial charge in [-0.1, -0.05) is 36.4 Å². The molecule has 41 heavy (non-hydrogen) atoms. The van der Waals surface area contributed by atoms with Gasteiger partial charge in [-0.2, -0.15) is 0 Å². The van der Waals surface area contributed by atoms with Crippen LogP contribution in [0.4, 0.5) is 29.7 Å². The topological polar surface area (TPSA) is 84.4 Å². The van der Waals surface area contributed by atoms with Crippen LogP contribution in [0.25, 0.3) is 0 Å². The monoisotopic (exact) mass is 560 g/mol. The Hall–Kier alpha value is -4.47. The molecular weight excluding hydrogens is 530 g/mol. The number of carboxylic acid groups (broad SMARTS) is 1. The standard InChI is InChI=1S/C31H30F2N4O4/c32-20-13-15-25(33)24(18-20)26-12-7-17-34(26)30(40)37-23-14-16-27(37)28(29(38)39)35(19-23)31(41)36(21-8-3-1-4-9-21)22-10-5-2-6-11-22/h1-6,8-11,13,15,18,23,26-28H,7,12,14,16-17,19H2,(H,38,39)/t23-,26+,27+,28-/m0/s1. The van der Waals surface area contributed by atoms with Crippen LogP contribution in [0.5, 0.6) is 0 Å². The second-order valence-corrected chi connectivity index (χ2v) is 10.7. The zero-order chi connectivity index (χ0) is 28.7. The number of anilines is 2. The zero-order valence-electron chi connectivity index (χ0n) is 22.3. The Morgan fingerprint density at radius 1 is 0.829 bits per heavy atom. The van der Waals surface area contributed by atoms with Crippen LogP contribution in [0.3, 0.4) is 0 Å². The highest BCUT2D eigenvalue weighted by molar-refractivity contribution is 6.01. The van der Waals surface area contributed by atoms with Gasteiger partial charge in [-0.3, -0.25) is 4.90 Å². The summed E-state index contributed by atoms with van der Waals surface area (Å²) in [5.74, 6) is -2.36. The molecule has 0 aliphatic carbocycles. The number of carboxylic acids is 1. The number of nitrogens with zero attached hydrogens (tertiary/aromatic N) is 4. The van der Waals surface area contributed by atoms with Crippen LogP contribution in [-0.2, 0) is 4.79 Å². The Morgan fingerprint density at radius 3 is 2.12 bits per heavy atom. The van der Waals surface area contributed by atoms with Crippen LogP contribution in [0, 0.1) is 11.6 Å². The summed E-state index contributed by atoms with van der Waals surface area (Å²) in [4.78, 5) is 46.9. The Labute approximate surface area is 236 Å². The van der Waals surface area contributed by atoms with E-state index >= 15 is 0 Å². The number of hydrogen-bond donors (Lipinski definition) is 1. The minimum atomic E-state index is -1.27. The van der Waals surface area contributed by atoms with Gasteiger partial charge in [-0.25, -0.2) is 23.2 Å². The quantitative estimate of drug-likeness (QED) is 0.438. The molecule has 2 bridgehead atoms. The van der Waals surface area contributed by atoms with Crippen molar-refractivity contribution in [2.24, 2.45) is 0 Å². The molecule has 4 atom stereocenters. The summed E-state index contributed by atoms with van der Waals surface area (Å²) in [6, 6.07) is 17.3. The molecule has 6 rings (SSSR count). The summed E-state index contributed by atoms with van der Waals surface area (Å²) in [5.41, 5.74) is 1.31. The van der Waals surface area contributed by atoms with Crippen molar-refractivity contribution in [2.45, 2.75) is 49.9 Å². The van der Waals surface area contributed by atoms with Crippen LogP contribution in [0.15, 0.2) is 78.9 Å². The number of likely N-dealkylation sites (tertiary alicyclic amines) is 2. The van der Waals surface area contributed by atoms with Gasteiger partial charge >= 0.3 is 18.0 Å². The second kappa shape index (κ2) is 10.8. The number of halogens is 2. The van der Waals surface area contributed by atoms with E-state index in [1.165, 1.54) is 14.7 Å². The van der Waals surface area contributed by atoms with Gasteiger partial charge in [0.05, 0.1) is 29.5 Å². The average Bonchev–Trinajstić information content (AvgIpc) is 3.58.